The van der Waals surface area contributed by atoms with Crippen LogP contribution in [0.15, 0.2) is 85.1 Å². The van der Waals surface area contributed by atoms with Gasteiger partial charge < -0.3 is 39.4 Å². The third-order valence-electron chi connectivity index (χ3n) is 8.75. The topological polar surface area (TPSA) is 169 Å². The van der Waals surface area contributed by atoms with Crippen molar-refractivity contribution in [3.05, 3.63) is 85.1 Å². The lowest BCUT2D eigenvalue weighted by molar-refractivity contribution is -0.298. The van der Waals surface area contributed by atoms with Gasteiger partial charge in [-0.1, -0.05) is 131 Å². The van der Waals surface area contributed by atoms with E-state index in [0.717, 1.165) is 89.9 Å². The average molecular weight is 787 g/mol. The number of unbranched alkanes of at least 4 members (excludes halogenated alkanes) is 7. The van der Waals surface area contributed by atoms with E-state index in [1.54, 1.807) is 0 Å². The van der Waals surface area contributed by atoms with Crippen LogP contribution in [0.4, 0.5) is 0 Å². The number of rotatable bonds is 32. The number of hydrogen-bond acceptors (Lipinski definition) is 10. The van der Waals surface area contributed by atoms with Gasteiger partial charge in [-0.15, -0.1) is 0 Å². The molecule has 56 heavy (non-hydrogen) atoms. The van der Waals surface area contributed by atoms with Crippen molar-refractivity contribution in [1.29, 1.82) is 0 Å². The van der Waals surface area contributed by atoms with E-state index in [4.69, 9.17) is 18.9 Å². The van der Waals surface area contributed by atoms with E-state index in [-0.39, 0.29) is 19.4 Å². The van der Waals surface area contributed by atoms with E-state index >= 15 is 0 Å². The minimum absolute atomic E-state index is 0.107. The number of aliphatic hydroxyl groups excluding tert-OH is 3. The molecule has 1 fully saturated rings. The fourth-order valence-corrected chi connectivity index (χ4v) is 5.55. The van der Waals surface area contributed by atoms with Crippen molar-refractivity contribution in [2.75, 3.05) is 13.2 Å². The molecule has 1 rings (SSSR count). The highest BCUT2D eigenvalue weighted by atomic mass is 16.7. The number of aliphatic hydroxyl groups is 3. The Kier molecular flexibility index (Phi) is 31.2. The standard InChI is InChI=1S/C45H70O11/c1-3-5-7-9-11-13-15-17-18-19-20-22-24-26-28-30-32-34-39(47)55-37(36-54-45-42(50)40(48)41(49)43(56-45)44(51)52)35-53-38(46)33-31-29-27-25-23-21-16-14-12-10-8-6-4-2/h5-8,11-14,17-18,21,23,27,29,37,40-43,45,48-50H,3-4,9-10,15-16,19-20,22,24-26,28,30-36H2,1-2H3,(H,51,52)/b7-5-,8-6-,13-11-,14-12-,18-17-,23-21-,29-27-. The number of esters is 2. The Morgan fingerprint density at radius 1 is 0.554 bits per heavy atom. The first-order valence-electron chi connectivity index (χ1n) is 20.6. The first kappa shape index (κ1) is 50.4. The van der Waals surface area contributed by atoms with E-state index in [1.165, 1.54) is 0 Å². The number of carbonyl (C=O) groups excluding carboxylic acids is 2. The highest BCUT2D eigenvalue weighted by molar-refractivity contribution is 5.73. The first-order chi connectivity index (χ1) is 27.2. The molecule has 0 amide bonds. The lowest BCUT2D eigenvalue weighted by Crippen LogP contribution is -2.60. The molecule has 0 radical (unpaired) electrons. The zero-order valence-corrected chi connectivity index (χ0v) is 33.8. The van der Waals surface area contributed by atoms with Gasteiger partial charge in [0.05, 0.1) is 6.61 Å². The van der Waals surface area contributed by atoms with Crippen LogP contribution >= 0.6 is 0 Å². The minimum Gasteiger partial charge on any atom is -0.479 e. The van der Waals surface area contributed by atoms with Crippen LogP contribution < -0.4 is 0 Å². The molecule has 4 N–H and O–H groups in total. The number of carboxylic acids is 1. The van der Waals surface area contributed by atoms with Crippen molar-refractivity contribution < 1.29 is 53.8 Å². The molecule has 0 aromatic rings. The third-order valence-corrected chi connectivity index (χ3v) is 8.75. The van der Waals surface area contributed by atoms with Crippen LogP contribution in [-0.2, 0) is 33.3 Å². The second-order valence-electron chi connectivity index (χ2n) is 13.7. The first-order valence-corrected chi connectivity index (χ1v) is 20.6. The predicted molar refractivity (Wildman–Crippen MR) is 220 cm³/mol. The molecule has 0 aliphatic carbocycles. The second kappa shape index (κ2) is 34.6. The summed E-state index contributed by atoms with van der Waals surface area (Å²) in [6.45, 7) is 3.48. The molecule has 1 saturated heterocycles. The van der Waals surface area contributed by atoms with Crippen molar-refractivity contribution >= 4 is 17.9 Å². The summed E-state index contributed by atoms with van der Waals surface area (Å²) in [6, 6.07) is 0. The van der Waals surface area contributed by atoms with Crippen molar-refractivity contribution in [3.63, 3.8) is 0 Å². The van der Waals surface area contributed by atoms with Gasteiger partial charge in [0, 0.05) is 12.8 Å². The van der Waals surface area contributed by atoms with E-state index < -0.39 is 61.3 Å². The Hall–Kier alpha value is -3.61. The molecule has 0 aromatic carbocycles. The molecule has 6 unspecified atom stereocenters. The Balaban J connectivity index is 2.46. The summed E-state index contributed by atoms with van der Waals surface area (Å²) in [4.78, 5) is 36.7. The predicted octanol–water partition coefficient (Wildman–Crippen LogP) is 8.31. The van der Waals surface area contributed by atoms with E-state index in [9.17, 15) is 34.8 Å². The highest BCUT2D eigenvalue weighted by Crippen LogP contribution is 2.23. The van der Waals surface area contributed by atoms with Gasteiger partial charge in [-0.3, -0.25) is 9.59 Å². The fraction of sp³-hybridized carbons (Fsp3) is 0.622. The zero-order valence-electron chi connectivity index (χ0n) is 33.8. The zero-order chi connectivity index (χ0) is 41.1. The number of ether oxygens (including phenoxy) is 4. The van der Waals surface area contributed by atoms with Gasteiger partial charge in [0.25, 0.3) is 0 Å². The van der Waals surface area contributed by atoms with Gasteiger partial charge in [-0.05, 0) is 70.6 Å². The molecular formula is C45H70O11. The number of aliphatic carboxylic acids is 1. The Morgan fingerprint density at radius 3 is 1.57 bits per heavy atom. The molecule has 0 aromatic heterocycles. The fourth-order valence-electron chi connectivity index (χ4n) is 5.55. The largest absolute Gasteiger partial charge is 0.479 e. The van der Waals surface area contributed by atoms with E-state index in [0.29, 0.717) is 12.8 Å². The van der Waals surface area contributed by atoms with Gasteiger partial charge in [0.15, 0.2) is 18.5 Å². The lowest BCUT2D eigenvalue weighted by atomic mass is 9.99. The molecule has 1 aliphatic rings. The number of carboxylic acid groups (broad SMARTS) is 1. The number of allylic oxidation sites excluding steroid dienone is 14. The van der Waals surface area contributed by atoms with Crippen LogP contribution in [0.1, 0.15) is 129 Å². The molecule has 6 atom stereocenters. The second-order valence-corrected chi connectivity index (χ2v) is 13.7. The molecule has 1 heterocycles. The van der Waals surface area contributed by atoms with Crippen molar-refractivity contribution in [1.82, 2.24) is 0 Å². The molecule has 0 spiro atoms. The normalized spacial score (nSPS) is 21.2. The Bertz CT molecular complexity index is 1250. The molecule has 0 saturated carbocycles. The van der Waals surface area contributed by atoms with E-state index in [1.807, 2.05) is 12.2 Å². The summed E-state index contributed by atoms with van der Waals surface area (Å²) in [5, 5.41) is 39.7. The summed E-state index contributed by atoms with van der Waals surface area (Å²) in [5.41, 5.74) is 0. The third kappa shape index (κ3) is 26.3. The molecule has 0 bridgehead atoms. The average Bonchev–Trinajstić information content (AvgIpc) is 3.18. The van der Waals surface area contributed by atoms with Gasteiger partial charge in [0.2, 0.25) is 0 Å². The lowest BCUT2D eigenvalue weighted by Gasteiger charge is -2.38. The maximum atomic E-state index is 12.7. The summed E-state index contributed by atoms with van der Waals surface area (Å²) >= 11 is 0. The number of hydrogen-bond donors (Lipinski definition) is 4. The molecule has 1 aliphatic heterocycles. The van der Waals surface area contributed by atoms with Crippen LogP contribution in [-0.4, -0.2) is 88.4 Å². The Labute approximate surface area is 335 Å². The SMILES string of the molecule is CC/C=C\C/C=C\C/C=C\C/C=C\CCC(=O)OCC(COC1OC(C(=O)O)C(O)C(O)C1O)OC(=O)CCCCCCCCC/C=C\C/C=C\C/C=C\CC. The summed E-state index contributed by atoms with van der Waals surface area (Å²) in [5.74, 6) is -2.58. The van der Waals surface area contributed by atoms with Crippen LogP contribution in [0.2, 0.25) is 0 Å². The van der Waals surface area contributed by atoms with Crippen molar-refractivity contribution in [2.24, 2.45) is 0 Å². The Morgan fingerprint density at radius 2 is 1.04 bits per heavy atom. The minimum atomic E-state index is -1.87. The molecular weight excluding hydrogens is 716 g/mol. The van der Waals surface area contributed by atoms with Gasteiger partial charge in [-0.2, -0.15) is 0 Å². The summed E-state index contributed by atoms with van der Waals surface area (Å²) in [7, 11) is 0. The van der Waals surface area contributed by atoms with Gasteiger partial charge >= 0.3 is 17.9 Å². The van der Waals surface area contributed by atoms with Crippen molar-refractivity contribution in [3.8, 4) is 0 Å². The van der Waals surface area contributed by atoms with Crippen LogP contribution in [0.25, 0.3) is 0 Å². The van der Waals surface area contributed by atoms with Crippen LogP contribution in [0.3, 0.4) is 0 Å². The van der Waals surface area contributed by atoms with Crippen molar-refractivity contribution in [2.45, 2.75) is 166 Å². The van der Waals surface area contributed by atoms with Crippen LogP contribution in [0, 0.1) is 0 Å². The van der Waals surface area contributed by atoms with E-state index in [2.05, 4.69) is 86.8 Å². The van der Waals surface area contributed by atoms with Gasteiger partial charge in [-0.25, -0.2) is 4.79 Å². The number of carbonyl (C=O) groups is 3. The van der Waals surface area contributed by atoms with Crippen LogP contribution in [0.5, 0.6) is 0 Å². The molecule has 316 valence electrons. The highest BCUT2D eigenvalue weighted by Gasteiger charge is 2.47. The molecule has 11 heteroatoms. The maximum Gasteiger partial charge on any atom is 0.335 e. The monoisotopic (exact) mass is 786 g/mol. The maximum absolute atomic E-state index is 12.7. The summed E-state index contributed by atoms with van der Waals surface area (Å²) in [6.07, 6.45) is 35.1. The smallest absolute Gasteiger partial charge is 0.335 e. The summed E-state index contributed by atoms with van der Waals surface area (Å²) < 4.78 is 21.6. The van der Waals surface area contributed by atoms with Gasteiger partial charge in [0.1, 0.15) is 24.9 Å². The quantitative estimate of drug-likeness (QED) is 0.0294. The molecule has 11 nitrogen and oxygen atoms in total.